The van der Waals surface area contributed by atoms with E-state index in [1.165, 1.54) is 7.11 Å². The molecule has 0 aromatic carbocycles. The fourth-order valence-electron chi connectivity index (χ4n) is 1.17. The number of carbonyl (C=O) groups is 1. The summed E-state index contributed by atoms with van der Waals surface area (Å²) in [6, 6.07) is -1.12. The van der Waals surface area contributed by atoms with Gasteiger partial charge in [0.25, 0.3) is 0 Å². The van der Waals surface area contributed by atoms with Gasteiger partial charge in [0.15, 0.2) is 0 Å². The molecule has 0 spiro atoms. The fraction of sp³-hybridized carbons (Fsp3) is 0.889. The lowest BCUT2D eigenvalue weighted by molar-refractivity contribution is 0.0475. The summed E-state index contributed by atoms with van der Waals surface area (Å²) in [5.41, 5.74) is -0.745. The van der Waals surface area contributed by atoms with Gasteiger partial charge in [0.2, 0.25) is 0 Å². The Morgan fingerprint density at radius 3 is 2.24 bits per heavy atom. The van der Waals surface area contributed by atoms with Crippen molar-refractivity contribution in [3.05, 3.63) is 0 Å². The van der Waals surface area contributed by atoms with Crippen molar-refractivity contribution in [3.8, 4) is 0 Å². The first kappa shape index (κ1) is 16.1. The summed E-state index contributed by atoms with van der Waals surface area (Å²) < 4.78 is 46.2. The Morgan fingerprint density at radius 2 is 1.88 bits per heavy atom. The standard InChI is InChI=1S/C9H18BF3NO3/c1-9(2,3)17-8(15)14-7(6-16-4)5-10(11,12)13/h7H,5-6H2,1-4H3,(H,14,15)/q-1. The molecule has 0 radical (unpaired) electrons. The maximum Gasteiger partial charge on any atom is 0.480 e. The van der Waals surface area contributed by atoms with E-state index in [4.69, 9.17) is 4.74 Å². The Morgan fingerprint density at radius 1 is 1.35 bits per heavy atom. The van der Waals surface area contributed by atoms with Gasteiger partial charge in [-0.2, -0.15) is 0 Å². The van der Waals surface area contributed by atoms with Crippen LogP contribution >= 0.6 is 0 Å². The second kappa shape index (κ2) is 6.14. The number of rotatable bonds is 5. The number of nitrogens with one attached hydrogen (secondary N) is 1. The van der Waals surface area contributed by atoms with Gasteiger partial charge in [0.1, 0.15) is 5.60 Å². The molecular formula is C9H18BF3NO3-. The van der Waals surface area contributed by atoms with E-state index in [2.05, 4.69) is 10.1 Å². The predicted octanol–water partition coefficient (Wildman–Crippen LogP) is 2.37. The molecule has 1 atom stereocenters. The highest BCUT2D eigenvalue weighted by Gasteiger charge is 2.29. The normalized spacial score (nSPS) is 14.3. The summed E-state index contributed by atoms with van der Waals surface area (Å²) in [4.78, 5) is 11.3. The molecule has 0 fully saturated rings. The Labute approximate surface area is 98.9 Å². The summed E-state index contributed by atoms with van der Waals surface area (Å²) >= 11 is 0. The van der Waals surface area contributed by atoms with Gasteiger partial charge in [-0.1, -0.05) is 6.32 Å². The van der Waals surface area contributed by atoms with Crippen molar-refractivity contribution in [3.63, 3.8) is 0 Å². The molecular weight excluding hydrogens is 238 g/mol. The molecule has 0 aromatic heterocycles. The lowest BCUT2D eigenvalue weighted by Crippen LogP contribution is -2.44. The minimum absolute atomic E-state index is 0.208. The average Bonchev–Trinajstić information content (AvgIpc) is 1.95. The summed E-state index contributed by atoms with van der Waals surface area (Å²) in [5, 5.41) is 2.14. The van der Waals surface area contributed by atoms with Gasteiger partial charge in [-0.15, -0.1) is 0 Å². The average molecular weight is 256 g/mol. The van der Waals surface area contributed by atoms with Crippen LogP contribution in [0, 0.1) is 0 Å². The number of hydrogen-bond acceptors (Lipinski definition) is 3. The van der Waals surface area contributed by atoms with Gasteiger partial charge in [-0.25, -0.2) is 4.79 Å². The van der Waals surface area contributed by atoms with Crippen LogP contribution in [0.2, 0.25) is 6.32 Å². The van der Waals surface area contributed by atoms with Crippen molar-refractivity contribution in [2.24, 2.45) is 0 Å². The number of amides is 1. The molecule has 1 N–H and O–H groups in total. The highest BCUT2D eigenvalue weighted by Crippen LogP contribution is 2.17. The summed E-state index contributed by atoms with van der Waals surface area (Å²) in [5.74, 6) is 0. The highest BCUT2D eigenvalue weighted by atomic mass is 19.4. The molecule has 17 heavy (non-hydrogen) atoms. The number of ether oxygens (including phenoxy) is 2. The van der Waals surface area contributed by atoms with E-state index in [0.29, 0.717) is 0 Å². The Kier molecular flexibility index (Phi) is 5.81. The summed E-state index contributed by atoms with van der Waals surface area (Å²) in [6.07, 6.45) is -1.97. The predicted molar refractivity (Wildman–Crippen MR) is 58.9 cm³/mol. The molecule has 0 rings (SSSR count). The second-order valence-corrected chi connectivity index (χ2v) is 4.74. The molecule has 1 amide bonds. The van der Waals surface area contributed by atoms with Crippen molar-refractivity contribution in [2.75, 3.05) is 13.7 Å². The third-order valence-corrected chi connectivity index (χ3v) is 1.64. The monoisotopic (exact) mass is 256 g/mol. The smallest absolute Gasteiger partial charge is 0.449 e. The van der Waals surface area contributed by atoms with Crippen molar-refractivity contribution >= 4 is 13.1 Å². The summed E-state index contributed by atoms with van der Waals surface area (Å²) in [7, 11) is 1.27. The Balaban J connectivity index is 4.30. The molecule has 0 heterocycles. The third-order valence-electron chi connectivity index (χ3n) is 1.64. The molecule has 8 heteroatoms. The maximum absolute atomic E-state index is 12.2. The van der Waals surface area contributed by atoms with Crippen LogP contribution in [0.1, 0.15) is 20.8 Å². The van der Waals surface area contributed by atoms with Crippen LogP contribution < -0.4 is 5.32 Å². The largest absolute Gasteiger partial charge is 0.480 e. The minimum Gasteiger partial charge on any atom is -0.449 e. The van der Waals surface area contributed by atoms with Crippen LogP contribution in [0.25, 0.3) is 0 Å². The van der Waals surface area contributed by atoms with E-state index in [-0.39, 0.29) is 6.61 Å². The zero-order valence-electron chi connectivity index (χ0n) is 10.4. The van der Waals surface area contributed by atoms with Crippen molar-refractivity contribution < 1.29 is 27.2 Å². The van der Waals surface area contributed by atoms with Gasteiger partial charge >= 0.3 is 13.1 Å². The second-order valence-electron chi connectivity index (χ2n) is 4.74. The van der Waals surface area contributed by atoms with Crippen molar-refractivity contribution in [1.82, 2.24) is 5.32 Å². The van der Waals surface area contributed by atoms with E-state index in [9.17, 15) is 17.7 Å². The SMILES string of the molecule is COCC(C[B-](F)(F)F)NC(=O)OC(C)(C)C. The first-order valence-corrected chi connectivity index (χ1v) is 5.23. The van der Waals surface area contributed by atoms with Gasteiger partial charge in [0.05, 0.1) is 6.61 Å². The number of methoxy groups -OCH3 is 1. The number of alkyl carbamates (subject to hydrolysis) is 1. The highest BCUT2D eigenvalue weighted by molar-refractivity contribution is 6.58. The topological polar surface area (TPSA) is 47.6 Å². The molecule has 102 valence electrons. The van der Waals surface area contributed by atoms with Crippen LogP contribution in [-0.4, -0.2) is 38.4 Å². The Hall–Kier alpha value is -0.915. The van der Waals surface area contributed by atoms with Gasteiger partial charge < -0.3 is 27.7 Å². The third kappa shape index (κ3) is 9.98. The molecule has 0 aromatic rings. The quantitative estimate of drug-likeness (QED) is 0.768. The van der Waals surface area contributed by atoms with E-state index in [0.717, 1.165) is 0 Å². The fourth-order valence-corrected chi connectivity index (χ4v) is 1.17. The van der Waals surface area contributed by atoms with E-state index in [1.807, 2.05) is 0 Å². The molecule has 0 aliphatic rings. The molecule has 0 saturated heterocycles. The van der Waals surface area contributed by atoms with Crippen LogP contribution in [0.15, 0.2) is 0 Å². The number of halogens is 3. The molecule has 0 aliphatic carbocycles. The number of carbonyl (C=O) groups excluding carboxylic acids is 1. The van der Waals surface area contributed by atoms with Crippen LogP contribution in [0.4, 0.5) is 17.7 Å². The molecule has 0 saturated carbocycles. The van der Waals surface area contributed by atoms with Crippen LogP contribution in [-0.2, 0) is 9.47 Å². The zero-order chi connectivity index (χ0) is 13.7. The number of hydrogen-bond donors (Lipinski definition) is 1. The van der Waals surface area contributed by atoms with E-state index < -0.39 is 31.0 Å². The lowest BCUT2D eigenvalue weighted by Gasteiger charge is -2.26. The van der Waals surface area contributed by atoms with Gasteiger partial charge in [-0.3, -0.25) is 0 Å². The van der Waals surface area contributed by atoms with Crippen molar-refractivity contribution in [1.29, 1.82) is 0 Å². The van der Waals surface area contributed by atoms with E-state index >= 15 is 0 Å². The molecule has 0 aliphatic heterocycles. The van der Waals surface area contributed by atoms with Gasteiger partial charge in [0, 0.05) is 13.2 Å². The maximum atomic E-state index is 12.2. The molecule has 1 unspecified atom stereocenters. The first-order chi connectivity index (χ1) is 7.53. The first-order valence-electron chi connectivity index (χ1n) is 5.23. The molecule has 0 bridgehead atoms. The van der Waals surface area contributed by atoms with Gasteiger partial charge in [-0.05, 0) is 20.8 Å². The zero-order valence-corrected chi connectivity index (χ0v) is 10.4. The Bertz CT molecular complexity index is 253. The van der Waals surface area contributed by atoms with Crippen molar-refractivity contribution in [2.45, 2.75) is 38.7 Å². The summed E-state index contributed by atoms with van der Waals surface area (Å²) in [6.45, 7) is -0.296. The minimum atomic E-state index is -4.98. The molecule has 4 nitrogen and oxygen atoms in total. The lowest BCUT2D eigenvalue weighted by atomic mass is 9.82. The van der Waals surface area contributed by atoms with Crippen LogP contribution in [0.5, 0.6) is 0 Å². The van der Waals surface area contributed by atoms with Crippen LogP contribution in [0.3, 0.4) is 0 Å². The van der Waals surface area contributed by atoms with E-state index in [1.54, 1.807) is 20.8 Å².